The Morgan fingerprint density at radius 2 is 2.50 bits per heavy atom. The topological polar surface area (TPSA) is 12.9 Å². The first-order chi connectivity index (χ1) is 6.83. The lowest BCUT2D eigenvalue weighted by Gasteiger charge is -2.27. The Morgan fingerprint density at radius 1 is 1.64 bits per heavy atom. The summed E-state index contributed by atoms with van der Waals surface area (Å²) in [6.07, 6.45) is 7.71. The Labute approximate surface area is 85.9 Å². The maximum Gasteiger partial charge on any atom is 0.0472 e. The Bertz CT molecular complexity index is 330. The van der Waals surface area contributed by atoms with Gasteiger partial charge in [0.1, 0.15) is 0 Å². The van der Waals surface area contributed by atoms with Gasteiger partial charge in [0, 0.05) is 17.8 Å². The molecule has 0 saturated heterocycles. The molecule has 1 heterocycles. The van der Waals surface area contributed by atoms with Crippen LogP contribution in [-0.2, 0) is 6.42 Å². The van der Waals surface area contributed by atoms with Crippen LogP contribution in [0.2, 0.25) is 0 Å². The number of nitrogens with zero attached hydrogens (tertiary/aromatic N) is 1. The van der Waals surface area contributed by atoms with E-state index in [4.69, 9.17) is 0 Å². The first kappa shape index (κ1) is 9.45. The number of aromatic nitrogens is 1. The maximum atomic E-state index is 4.52. The number of hydrogen-bond acceptors (Lipinski definition) is 1. The molecule has 1 aliphatic carbocycles. The van der Waals surface area contributed by atoms with Crippen LogP contribution in [0.1, 0.15) is 36.9 Å². The van der Waals surface area contributed by atoms with Crippen molar-refractivity contribution < 1.29 is 0 Å². The van der Waals surface area contributed by atoms with E-state index in [-0.39, 0.29) is 0 Å². The largest absolute Gasteiger partial charge is 0.261 e. The molecule has 2 unspecified atom stereocenters. The fourth-order valence-electron chi connectivity index (χ4n) is 2.32. The third-order valence-electron chi connectivity index (χ3n) is 3.25. The highest BCUT2D eigenvalue weighted by molar-refractivity contribution is 5.27. The second-order valence-electron chi connectivity index (χ2n) is 4.14. The molecule has 1 aromatic heterocycles. The average Bonchev–Trinajstić information content (AvgIpc) is 2.27. The zero-order chi connectivity index (χ0) is 9.97. The van der Waals surface area contributed by atoms with Gasteiger partial charge in [0.25, 0.3) is 0 Å². The van der Waals surface area contributed by atoms with Crippen molar-refractivity contribution in [2.24, 2.45) is 5.92 Å². The molecule has 0 fully saturated rings. The molecule has 1 nitrogen and oxygen atoms in total. The van der Waals surface area contributed by atoms with Crippen LogP contribution >= 0.6 is 0 Å². The van der Waals surface area contributed by atoms with Crippen LogP contribution in [0, 0.1) is 5.92 Å². The predicted octanol–water partition coefficient (Wildman–Crippen LogP) is 3.32. The van der Waals surface area contributed by atoms with Crippen LogP contribution in [0.25, 0.3) is 0 Å². The molecule has 14 heavy (non-hydrogen) atoms. The van der Waals surface area contributed by atoms with Crippen LogP contribution in [0.5, 0.6) is 0 Å². The summed E-state index contributed by atoms with van der Waals surface area (Å²) in [5.41, 5.74) is 2.75. The fourth-order valence-corrected chi connectivity index (χ4v) is 2.32. The van der Waals surface area contributed by atoms with Crippen molar-refractivity contribution in [3.63, 3.8) is 0 Å². The third-order valence-corrected chi connectivity index (χ3v) is 3.25. The molecule has 0 radical (unpaired) electrons. The van der Waals surface area contributed by atoms with Gasteiger partial charge in [-0.3, -0.25) is 4.98 Å². The van der Waals surface area contributed by atoms with Crippen molar-refractivity contribution in [1.29, 1.82) is 0 Å². The van der Waals surface area contributed by atoms with E-state index in [1.807, 2.05) is 12.3 Å². The summed E-state index contributed by atoms with van der Waals surface area (Å²) in [5.74, 6) is 1.14. The van der Waals surface area contributed by atoms with Crippen molar-refractivity contribution in [2.75, 3.05) is 0 Å². The third kappa shape index (κ3) is 1.59. The van der Waals surface area contributed by atoms with Crippen LogP contribution in [0.3, 0.4) is 0 Å². The van der Waals surface area contributed by atoms with Gasteiger partial charge in [0.15, 0.2) is 0 Å². The Kier molecular flexibility index (Phi) is 2.67. The summed E-state index contributed by atoms with van der Waals surface area (Å²) in [4.78, 5) is 4.52. The zero-order valence-electron chi connectivity index (χ0n) is 8.74. The van der Waals surface area contributed by atoms with E-state index in [0.29, 0.717) is 11.8 Å². The van der Waals surface area contributed by atoms with E-state index >= 15 is 0 Å². The van der Waals surface area contributed by atoms with Crippen LogP contribution in [0.15, 0.2) is 31.0 Å². The number of hydrogen-bond donors (Lipinski definition) is 0. The van der Waals surface area contributed by atoms with Crippen LogP contribution in [-0.4, -0.2) is 4.98 Å². The molecule has 0 aliphatic heterocycles. The number of aryl methyl sites for hydroxylation is 1. The van der Waals surface area contributed by atoms with Gasteiger partial charge in [0.2, 0.25) is 0 Å². The summed E-state index contributed by atoms with van der Waals surface area (Å²) in [5, 5.41) is 0. The second kappa shape index (κ2) is 3.95. The number of fused-ring (bicyclic) bond motifs is 1. The average molecular weight is 187 g/mol. The van der Waals surface area contributed by atoms with E-state index in [1.54, 1.807) is 0 Å². The van der Waals surface area contributed by atoms with Crippen molar-refractivity contribution in [2.45, 2.75) is 32.1 Å². The monoisotopic (exact) mass is 187 g/mol. The summed E-state index contributed by atoms with van der Waals surface area (Å²) in [6, 6.07) is 4.25. The van der Waals surface area contributed by atoms with Gasteiger partial charge in [-0.15, -0.1) is 6.58 Å². The van der Waals surface area contributed by atoms with Crippen molar-refractivity contribution in [3.05, 3.63) is 42.2 Å². The molecule has 0 bridgehead atoms. The first-order valence-corrected chi connectivity index (χ1v) is 5.39. The standard InChI is InChI=1S/C13H17N/c1-3-10(2)12-8-4-6-11-7-5-9-14-13(11)12/h3,5,7,9-10,12H,1,4,6,8H2,2H3. The predicted molar refractivity (Wildman–Crippen MR) is 59.3 cm³/mol. The molecule has 0 amide bonds. The van der Waals surface area contributed by atoms with Crippen molar-refractivity contribution in [3.8, 4) is 0 Å². The maximum absolute atomic E-state index is 4.52. The quantitative estimate of drug-likeness (QED) is 0.647. The van der Waals surface area contributed by atoms with Gasteiger partial charge < -0.3 is 0 Å². The number of rotatable bonds is 2. The lowest BCUT2D eigenvalue weighted by Crippen LogP contribution is -2.16. The van der Waals surface area contributed by atoms with Gasteiger partial charge in [-0.05, 0) is 36.8 Å². The molecular weight excluding hydrogens is 170 g/mol. The summed E-state index contributed by atoms with van der Waals surface area (Å²) in [6.45, 7) is 6.12. The Balaban J connectivity index is 2.35. The molecule has 0 aromatic carbocycles. The van der Waals surface area contributed by atoms with E-state index in [1.165, 1.54) is 30.5 Å². The zero-order valence-corrected chi connectivity index (χ0v) is 8.74. The summed E-state index contributed by atoms with van der Waals surface area (Å²) >= 11 is 0. The molecule has 2 atom stereocenters. The molecule has 1 heteroatoms. The van der Waals surface area contributed by atoms with E-state index < -0.39 is 0 Å². The minimum Gasteiger partial charge on any atom is -0.261 e. The van der Waals surface area contributed by atoms with Gasteiger partial charge in [-0.1, -0.05) is 19.1 Å². The molecule has 74 valence electrons. The van der Waals surface area contributed by atoms with Crippen molar-refractivity contribution >= 4 is 0 Å². The number of allylic oxidation sites excluding steroid dienone is 1. The summed E-state index contributed by atoms with van der Waals surface area (Å²) < 4.78 is 0. The van der Waals surface area contributed by atoms with Crippen LogP contribution in [0.4, 0.5) is 0 Å². The molecule has 0 N–H and O–H groups in total. The lowest BCUT2D eigenvalue weighted by atomic mass is 9.79. The van der Waals surface area contributed by atoms with Crippen molar-refractivity contribution in [1.82, 2.24) is 4.98 Å². The highest BCUT2D eigenvalue weighted by Gasteiger charge is 2.24. The van der Waals surface area contributed by atoms with Gasteiger partial charge in [-0.2, -0.15) is 0 Å². The summed E-state index contributed by atoms with van der Waals surface area (Å²) in [7, 11) is 0. The molecule has 1 aliphatic rings. The normalized spacial score (nSPS) is 22.5. The van der Waals surface area contributed by atoms with E-state index in [0.717, 1.165) is 0 Å². The smallest absolute Gasteiger partial charge is 0.0472 e. The van der Waals surface area contributed by atoms with Crippen LogP contribution < -0.4 is 0 Å². The fraction of sp³-hybridized carbons (Fsp3) is 0.462. The van der Waals surface area contributed by atoms with E-state index in [2.05, 4.69) is 30.6 Å². The molecular formula is C13H17N. The Hall–Kier alpha value is -1.11. The number of pyridine rings is 1. The minimum absolute atomic E-state index is 0.545. The second-order valence-corrected chi connectivity index (χ2v) is 4.14. The molecule has 0 saturated carbocycles. The highest BCUT2D eigenvalue weighted by atomic mass is 14.7. The Morgan fingerprint density at radius 3 is 3.29 bits per heavy atom. The molecule has 2 rings (SSSR count). The van der Waals surface area contributed by atoms with Gasteiger partial charge in [0.05, 0.1) is 0 Å². The highest BCUT2D eigenvalue weighted by Crippen LogP contribution is 2.35. The first-order valence-electron chi connectivity index (χ1n) is 5.39. The molecule has 0 spiro atoms. The minimum atomic E-state index is 0.545. The SMILES string of the molecule is C=CC(C)C1CCCc2cccnc21. The van der Waals surface area contributed by atoms with E-state index in [9.17, 15) is 0 Å². The molecule has 1 aromatic rings. The van der Waals surface area contributed by atoms with Gasteiger partial charge >= 0.3 is 0 Å². The van der Waals surface area contributed by atoms with Gasteiger partial charge in [-0.25, -0.2) is 0 Å². The lowest BCUT2D eigenvalue weighted by molar-refractivity contribution is 0.455.